The molecule has 1 aliphatic rings. The topological polar surface area (TPSA) is 65.9 Å². The maximum Gasteiger partial charge on any atom is 0.416 e. The molecule has 28 heavy (non-hydrogen) atoms. The second-order valence-corrected chi connectivity index (χ2v) is 6.44. The lowest BCUT2D eigenvalue weighted by molar-refractivity contribution is -0.137. The van der Waals surface area contributed by atoms with Gasteiger partial charge in [0.15, 0.2) is 5.96 Å². The number of alkyl halides is 3. The third-order valence-corrected chi connectivity index (χ3v) is 4.45. The molecule has 9 heteroatoms. The molecule has 0 amide bonds. The molecule has 0 aromatic heterocycles. The fraction of sp³-hybridized carbons (Fsp3) is 0.526. The number of halogens is 4. The van der Waals surface area contributed by atoms with Gasteiger partial charge in [-0.2, -0.15) is 13.2 Å². The second kappa shape index (κ2) is 11.5. The van der Waals surface area contributed by atoms with Crippen molar-refractivity contribution in [1.82, 2.24) is 10.6 Å². The number of hydrogen-bond donors (Lipinski definition) is 3. The van der Waals surface area contributed by atoms with Crippen LogP contribution in [-0.2, 0) is 10.9 Å². The first kappa shape index (κ1) is 24.5. The van der Waals surface area contributed by atoms with Crippen LogP contribution in [0.3, 0.4) is 0 Å². The summed E-state index contributed by atoms with van der Waals surface area (Å²) in [6.45, 7) is 2.20. The van der Waals surface area contributed by atoms with Crippen LogP contribution in [-0.4, -0.2) is 51.0 Å². The van der Waals surface area contributed by atoms with Gasteiger partial charge in [-0.25, -0.2) is 0 Å². The largest absolute Gasteiger partial charge is 0.416 e. The molecule has 1 aromatic carbocycles. The predicted octanol–water partition coefficient (Wildman–Crippen LogP) is 2.63. The highest BCUT2D eigenvalue weighted by atomic mass is 127. The minimum atomic E-state index is -4.38. The first-order chi connectivity index (χ1) is 12.9. The smallest absolute Gasteiger partial charge is 0.396 e. The Bertz CT molecular complexity index is 708. The molecule has 5 nitrogen and oxygen atoms in total. The summed E-state index contributed by atoms with van der Waals surface area (Å²) in [6, 6.07) is 4.92. The highest BCUT2D eigenvalue weighted by Crippen LogP contribution is 2.31. The summed E-state index contributed by atoms with van der Waals surface area (Å²) in [7, 11) is 1.62. The summed E-state index contributed by atoms with van der Waals surface area (Å²) in [5, 5.41) is 15.5. The highest BCUT2D eigenvalue weighted by molar-refractivity contribution is 14.0. The Kier molecular flexibility index (Phi) is 10.1. The van der Waals surface area contributed by atoms with Gasteiger partial charge in [0, 0.05) is 37.8 Å². The Hall–Kier alpha value is -1.51. The maximum absolute atomic E-state index is 12.7. The molecule has 0 spiro atoms. The van der Waals surface area contributed by atoms with Crippen LogP contribution in [0.15, 0.2) is 29.3 Å². The zero-order chi connectivity index (χ0) is 19.8. The lowest BCUT2D eigenvalue weighted by Crippen LogP contribution is -2.44. The van der Waals surface area contributed by atoms with Crippen molar-refractivity contribution in [2.75, 3.05) is 40.0 Å². The molecule has 2 rings (SSSR count). The fourth-order valence-electron chi connectivity index (χ4n) is 2.85. The first-order valence-electron chi connectivity index (χ1n) is 8.68. The van der Waals surface area contributed by atoms with E-state index in [1.165, 1.54) is 12.1 Å². The van der Waals surface area contributed by atoms with E-state index >= 15 is 0 Å². The Labute approximate surface area is 180 Å². The summed E-state index contributed by atoms with van der Waals surface area (Å²) in [6.07, 6.45) is -2.87. The molecule has 0 bridgehead atoms. The van der Waals surface area contributed by atoms with Gasteiger partial charge in [-0.15, -0.1) is 24.0 Å². The predicted molar refractivity (Wildman–Crippen MR) is 113 cm³/mol. The average molecular weight is 511 g/mol. The number of nitrogens with zero attached hydrogens (tertiary/aromatic N) is 1. The molecule has 0 radical (unpaired) electrons. The molecule has 1 heterocycles. The number of rotatable bonds is 5. The summed E-state index contributed by atoms with van der Waals surface area (Å²) >= 11 is 0. The Morgan fingerprint density at radius 3 is 2.75 bits per heavy atom. The molecule has 1 unspecified atom stereocenters. The summed E-state index contributed by atoms with van der Waals surface area (Å²) in [4.78, 5) is 4.11. The van der Waals surface area contributed by atoms with Crippen molar-refractivity contribution in [2.45, 2.75) is 19.0 Å². The molecular weight excluding hydrogens is 486 g/mol. The Morgan fingerprint density at radius 2 is 2.14 bits per heavy atom. The van der Waals surface area contributed by atoms with E-state index in [9.17, 15) is 18.3 Å². The lowest BCUT2D eigenvalue weighted by atomic mass is 9.84. The summed E-state index contributed by atoms with van der Waals surface area (Å²) in [5.41, 5.74) is -0.525. The first-order valence-corrected chi connectivity index (χ1v) is 8.68. The van der Waals surface area contributed by atoms with Gasteiger partial charge in [-0.3, -0.25) is 4.99 Å². The normalized spacial score (nSPS) is 19.4. The van der Waals surface area contributed by atoms with Crippen LogP contribution in [0.4, 0.5) is 13.2 Å². The van der Waals surface area contributed by atoms with E-state index in [1.54, 1.807) is 7.05 Å². The Morgan fingerprint density at radius 1 is 1.36 bits per heavy atom. The zero-order valence-electron chi connectivity index (χ0n) is 15.6. The number of hydrogen-bond acceptors (Lipinski definition) is 3. The fourth-order valence-corrected chi connectivity index (χ4v) is 2.85. The van der Waals surface area contributed by atoms with E-state index in [2.05, 4.69) is 27.5 Å². The maximum atomic E-state index is 12.7. The van der Waals surface area contributed by atoms with Gasteiger partial charge in [0.05, 0.1) is 18.7 Å². The molecule has 3 N–H and O–H groups in total. The van der Waals surface area contributed by atoms with E-state index in [-0.39, 0.29) is 42.5 Å². The molecule has 1 atom stereocenters. The number of aliphatic hydroxyl groups excluding tert-OH is 1. The highest BCUT2D eigenvalue weighted by Gasteiger charge is 2.34. The van der Waals surface area contributed by atoms with E-state index in [4.69, 9.17) is 4.74 Å². The van der Waals surface area contributed by atoms with Crippen LogP contribution < -0.4 is 10.6 Å². The number of aliphatic imine (C=N–C) groups is 1. The summed E-state index contributed by atoms with van der Waals surface area (Å²) in [5.74, 6) is 6.05. The van der Waals surface area contributed by atoms with E-state index in [1.807, 2.05) is 0 Å². The average Bonchev–Trinajstić information content (AvgIpc) is 3.10. The molecule has 156 valence electrons. The number of ether oxygens (including phenoxy) is 1. The number of guanidine groups is 1. The number of aliphatic hydroxyl groups is 1. The van der Waals surface area contributed by atoms with Gasteiger partial charge < -0.3 is 20.5 Å². The van der Waals surface area contributed by atoms with Gasteiger partial charge in [0.1, 0.15) is 0 Å². The van der Waals surface area contributed by atoms with Gasteiger partial charge in [0.2, 0.25) is 0 Å². The summed E-state index contributed by atoms with van der Waals surface area (Å²) < 4.78 is 43.5. The van der Waals surface area contributed by atoms with Crippen LogP contribution in [0.5, 0.6) is 0 Å². The van der Waals surface area contributed by atoms with Crippen LogP contribution in [0, 0.1) is 17.3 Å². The third kappa shape index (κ3) is 7.48. The number of benzene rings is 1. The van der Waals surface area contributed by atoms with E-state index in [0.29, 0.717) is 37.7 Å². The molecule has 1 saturated heterocycles. The zero-order valence-corrected chi connectivity index (χ0v) is 17.9. The van der Waals surface area contributed by atoms with Crippen molar-refractivity contribution < 1.29 is 23.0 Å². The molecular formula is C19H25F3IN3O2. The Balaban J connectivity index is 0.00000392. The molecule has 1 aromatic rings. The van der Waals surface area contributed by atoms with Crippen LogP contribution in [0.25, 0.3) is 0 Å². The van der Waals surface area contributed by atoms with Crippen molar-refractivity contribution in [1.29, 1.82) is 0 Å². The molecule has 0 saturated carbocycles. The van der Waals surface area contributed by atoms with Crippen molar-refractivity contribution in [2.24, 2.45) is 10.4 Å². The van der Waals surface area contributed by atoms with Gasteiger partial charge >= 0.3 is 6.18 Å². The monoisotopic (exact) mass is 511 g/mol. The van der Waals surface area contributed by atoms with Crippen LogP contribution in [0.2, 0.25) is 0 Å². The van der Waals surface area contributed by atoms with Crippen LogP contribution >= 0.6 is 24.0 Å². The van der Waals surface area contributed by atoms with Crippen LogP contribution in [0.1, 0.15) is 24.0 Å². The van der Waals surface area contributed by atoms with E-state index < -0.39 is 11.7 Å². The van der Waals surface area contributed by atoms with Crippen molar-refractivity contribution in [3.63, 3.8) is 0 Å². The standard InChI is InChI=1S/C19H24F3N3O2.HI/c1-23-17(25-13-18(7-10-26)8-11-27-14-18)24-9-3-5-15-4-2-6-16(12-15)19(20,21)22;/h2,4,6,12,26H,7-11,13-14H2,1H3,(H2,23,24,25);1H. The quantitative estimate of drug-likeness (QED) is 0.246. The minimum Gasteiger partial charge on any atom is -0.396 e. The third-order valence-electron chi connectivity index (χ3n) is 4.45. The van der Waals surface area contributed by atoms with Crippen molar-refractivity contribution >= 4 is 29.9 Å². The SMILES string of the molecule is CN=C(NCC#Cc1cccc(C(F)(F)F)c1)NCC1(CCO)CCOC1.I. The van der Waals surface area contributed by atoms with Gasteiger partial charge in [-0.05, 0) is 31.0 Å². The van der Waals surface area contributed by atoms with E-state index in [0.717, 1.165) is 18.6 Å². The van der Waals surface area contributed by atoms with Gasteiger partial charge in [-0.1, -0.05) is 17.9 Å². The van der Waals surface area contributed by atoms with Crippen molar-refractivity contribution in [3.05, 3.63) is 35.4 Å². The van der Waals surface area contributed by atoms with Gasteiger partial charge in [0.25, 0.3) is 0 Å². The number of nitrogens with one attached hydrogen (secondary N) is 2. The lowest BCUT2D eigenvalue weighted by Gasteiger charge is -2.27. The molecule has 0 aliphatic carbocycles. The molecule has 1 aliphatic heterocycles. The minimum absolute atomic E-state index is 0. The second-order valence-electron chi connectivity index (χ2n) is 6.44. The molecule has 1 fully saturated rings. The van der Waals surface area contributed by atoms with Crippen molar-refractivity contribution in [3.8, 4) is 11.8 Å².